The fraction of sp³-hybridized carbons (Fsp3) is 0.700. The van der Waals surface area contributed by atoms with Gasteiger partial charge >= 0.3 is 0 Å². The Morgan fingerprint density at radius 2 is 1.56 bits per heavy atom. The molecule has 104 valence electrons. The largest absolute Gasteiger partial charge is 0.394 e. The van der Waals surface area contributed by atoms with Gasteiger partial charge in [-0.1, -0.05) is 0 Å². The van der Waals surface area contributed by atoms with Crippen molar-refractivity contribution in [1.29, 1.82) is 0 Å². The van der Waals surface area contributed by atoms with Crippen LogP contribution in [0.3, 0.4) is 0 Å². The molecule has 0 unspecified atom stereocenters. The number of hydrogen-bond acceptors (Lipinski definition) is 8. The number of ketones is 3. The van der Waals surface area contributed by atoms with Gasteiger partial charge in [-0.05, 0) is 6.92 Å². The van der Waals surface area contributed by atoms with Crippen LogP contribution in [0, 0.1) is 0 Å². The van der Waals surface area contributed by atoms with Crippen molar-refractivity contribution in [2.75, 3.05) is 6.61 Å². The molecule has 0 aliphatic rings. The van der Waals surface area contributed by atoms with E-state index >= 15 is 0 Å². The van der Waals surface area contributed by atoms with Crippen LogP contribution in [0.15, 0.2) is 0 Å². The Kier molecular flexibility index (Phi) is 5.71. The molecule has 18 heavy (non-hydrogen) atoms. The molecule has 8 heteroatoms. The van der Waals surface area contributed by atoms with E-state index < -0.39 is 47.9 Å². The molecule has 0 radical (unpaired) electrons. The van der Waals surface area contributed by atoms with Crippen molar-refractivity contribution in [3.05, 3.63) is 0 Å². The van der Waals surface area contributed by atoms with Crippen LogP contribution in [0.5, 0.6) is 0 Å². The molecule has 0 heterocycles. The van der Waals surface area contributed by atoms with Crippen LogP contribution in [-0.4, -0.2) is 73.4 Å². The van der Waals surface area contributed by atoms with Crippen LogP contribution in [0.4, 0.5) is 0 Å². The Morgan fingerprint density at radius 3 is 1.83 bits per heavy atom. The number of aliphatic hydroxyl groups is 5. The fourth-order valence-electron chi connectivity index (χ4n) is 1.34. The van der Waals surface area contributed by atoms with Crippen molar-refractivity contribution in [3.63, 3.8) is 0 Å². The number of hydrogen-bond donors (Lipinski definition) is 5. The lowest BCUT2D eigenvalue weighted by molar-refractivity contribution is -0.181. The van der Waals surface area contributed by atoms with Gasteiger partial charge in [0.25, 0.3) is 0 Å². The van der Waals surface area contributed by atoms with Gasteiger partial charge in [-0.3, -0.25) is 14.4 Å². The molecule has 0 aliphatic heterocycles. The van der Waals surface area contributed by atoms with Crippen LogP contribution >= 0.6 is 0 Å². The predicted molar refractivity (Wildman–Crippen MR) is 56.4 cm³/mol. The van der Waals surface area contributed by atoms with E-state index in [1.165, 1.54) is 0 Å². The number of aliphatic hydroxyl groups excluding tert-OH is 4. The average molecular weight is 264 g/mol. The highest BCUT2D eigenvalue weighted by Crippen LogP contribution is 2.19. The Morgan fingerprint density at radius 1 is 1.11 bits per heavy atom. The summed E-state index contributed by atoms with van der Waals surface area (Å²) in [7, 11) is 0. The first kappa shape index (κ1) is 16.8. The van der Waals surface area contributed by atoms with Crippen LogP contribution in [0.2, 0.25) is 0 Å². The fourth-order valence-corrected chi connectivity index (χ4v) is 1.34. The Labute approximate surface area is 102 Å². The van der Waals surface area contributed by atoms with Gasteiger partial charge < -0.3 is 25.5 Å². The van der Waals surface area contributed by atoms with E-state index in [0.717, 1.165) is 13.8 Å². The van der Waals surface area contributed by atoms with Gasteiger partial charge in [0.1, 0.15) is 18.3 Å². The molecule has 0 spiro atoms. The van der Waals surface area contributed by atoms with E-state index in [9.17, 15) is 29.7 Å². The average Bonchev–Trinajstić information content (AvgIpc) is 2.33. The molecule has 5 N–H and O–H groups in total. The SMILES string of the molecule is CC(=O)C(=O)[C@@](O)(C(C)=O)[C@@H](O)[C@H](O)[C@H](O)CO. The lowest BCUT2D eigenvalue weighted by Gasteiger charge is -2.32. The van der Waals surface area contributed by atoms with Crippen LogP contribution in [-0.2, 0) is 14.4 Å². The normalized spacial score (nSPS) is 19.5. The predicted octanol–water partition coefficient (Wildman–Crippen LogP) is -3.46. The van der Waals surface area contributed by atoms with E-state index in [4.69, 9.17) is 10.2 Å². The van der Waals surface area contributed by atoms with Crippen LogP contribution in [0.25, 0.3) is 0 Å². The van der Waals surface area contributed by atoms with E-state index in [0.29, 0.717) is 0 Å². The molecule has 0 saturated heterocycles. The highest BCUT2D eigenvalue weighted by molar-refractivity contribution is 6.44. The number of Topliss-reactive ketones (excluding diaryl/α,β-unsaturated/α-hetero) is 3. The Balaban J connectivity index is 5.43. The first-order chi connectivity index (χ1) is 8.10. The zero-order chi connectivity index (χ0) is 14.7. The molecule has 0 bridgehead atoms. The third kappa shape index (κ3) is 2.98. The summed E-state index contributed by atoms with van der Waals surface area (Å²) in [6.45, 7) is 0.542. The van der Waals surface area contributed by atoms with Crippen molar-refractivity contribution >= 4 is 17.3 Å². The summed E-state index contributed by atoms with van der Waals surface area (Å²) in [5, 5.41) is 46.4. The third-order valence-electron chi connectivity index (χ3n) is 2.54. The van der Waals surface area contributed by atoms with Gasteiger partial charge in [0.15, 0.2) is 11.6 Å². The molecular formula is C10H16O8. The monoisotopic (exact) mass is 264 g/mol. The molecule has 8 nitrogen and oxygen atoms in total. The van der Waals surface area contributed by atoms with Gasteiger partial charge in [0.2, 0.25) is 11.4 Å². The van der Waals surface area contributed by atoms with Gasteiger partial charge in [-0.15, -0.1) is 0 Å². The lowest BCUT2D eigenvalue weighted by atomic mass is 9.82. The number of carbonyl (C=O) groups is 3. The smallest absolute Gasteiger partial charge is 0.239 e. The van der Waals surface area contributed by atoms with E-state index in [-0.39, 0.29) is 0 Å². The second-order valence-corrected chi connectivity index (χ2v) is 3.89. The van der Waals surface area contributed by atoms with Gasteiger partial charge in [0.05, 0.1) is 6.61 Å². The minimum absolute atomic E-state index is 0.738. The molecule has 0 aromatic rings. The maximum atomic E-state index is 11.4. The molecule has 0 fully saturated rings. The molecule has 0 aromatic heterocycles. The first-order valence-corrected chi connectivity index (χ1v) is 5.04. The maximum absolute atomic E-state index is 11.4. The summed E-state index contributed by atoms with van der Waals surface area (Å²) in [6.07, 6.45) is -6.49. The summed E-state index contributed by atoms with van der Waals surface area (Å²) in [5.41, 5.74) is -3.15. The topological polar surface area (TPSA) is 152 Å². The van der Waals surface area contributed by atoms with Crippen LogP contribution < -0.4 is 0 Å². The minimum Gasteiger partial charge on any atom is -0.394 e. The molecular weight excluding hydrogens is 248 g/mol. The summed E-state index contributed by atoms with van der Waals surface area (Å²) >= 11 is 0. The maximum Gasteiger partial charge on any atom is 0.239 e. The van der Waals surface area contributed by atoms with Crippen molar-refractivity contribution in [2.24, 2.45) is 0 Å². The Bertz CT molecular complexity index is 352. The first-order valence-electron chi connectivity index (χ1n) is 5.04. The third-order valence-corrected chi connectivity index (χ3v) is 2.54. The summed E-state index contributed by atoms with van der Waals surface area (Å²) in [4.78, 5) is 33.6. The van der Waals surface area contributed by atoms with E-state index in [2.05, 4.69) is 0 Å². The summed E-state index contributed by atoms with van der Waals surface area (Å²) < 4.78 is 0. The van der Waals surface area contributed by atoms with E-state index in [1.54, 1.807) is 0 Å². The molecule has 0 amide bonds. The van der Waals surface area contributed by atoms with Crippen LogP contribution in [0.1, 0.15) is 13.8 Å². The zero-order valence-electron chi connectivity index (χ0n) is 9.90. The number of rotatable bonds is 7. The standard InChI is InChI=1S/C10H16O8/c1-4(12)8(16)10(18,5(2)13)9(17)7(15)6(14)3-11/h6-7,9,11,14-15,17-18H,3H2,1-2H3/t6-,7-,9+,10+/m1/s1. The second-order valence-electron chi connectivity index (χ2n) is 3.89. The summed E-state index contributed by atoms with van der Waals surface area (Å²) in [5.74, 6) is -4.07. The molecule has 0 rings (SSSR count). The van der Waals surface area contributed by atoms with Crippen molar-refractivity contribution in [1.82, 2.24) is 0 Å². The Hall–Kier alpha value is -1.19. The highest BCUT2D eigenvalue weighted by atomic mass is 16.4. The molecule has 0 aromatic carbocycles. The van der Waals surface area contributed by atoms with Gasteiger partial charge in [0, 0.05) is 6.92 Å². The van der Waals surface area contributed by atoms with Gasteiger partial charge in [-0.2, -0.15) is 0 Å². The minimum atomic E-state index is -3.15. The molecule has 0 aliphatic carbocycles. The molecule has 4 atom stereocenters. The van der Waals surface area contributed by atoms with Gasteiger partial charge in [-0.25, -0.2) is 0 Å². The molecule has 0 saturated carbocycles. The summed E-state index contributed by atoms with van der Waals surface area (Å²) in [6, 6.07) is 0. The quantitative estimate of drug-likeness (QED) is 0.235. The highest BCUT2D eigenvalue weighted by Gasteiger charge is 2.53. The lowest BCUT2D eigenvalue weighted by Crippen LogP contribution is -2.63. The van der Waals surface area contributed by atoms with Crippen molar-refractivity contribution < 1.29 is 39.9 Å². The number of carbonyl (C=O) groups excluding carboxylic acids is 3. The van der Waals surface area contributed by atoms with Crippen molar-refractivity contribution in [2.45, 2.75) is 37.8 Å². The van der Waals surface area contributed by atoms with Crippen molar-refractivity contribution in [3.8, 4) is 0 Å². The van der Waals surface area contributed by atoms with E-state index in [1.807, 2.05) is 0 Å². The second kappa shape index (κ2) is 6.12. The zero-order valence-corrected chi connectivity index (χ0v) is 9.90.